The van der Waals surface area contributed by atoms with Crippen molar-refractivity contribution in [3.05, 3.63) is 33.0 Å². The van der Waals surface area contributed by atoms with Crippen molar-refractivity contribution in [1.29, 1.82) is 0 Å². The second kappa shape index (κ2) is 1.85. The largest absolute Gasteiger partial charge is 0.421 e. The monoisotopic (exact) mass is 131 g/mol. The molecule has 0 radical (unpaired) electrons. The fourth-order valence-corrected chi connectivity index (χ4v) is 0.383. The van der Waals surface area contributed by atoms with Crippen LogP contribution in [0.4, 0.5) is 4.39 Å². The molecule has 0 aliphatic heterocycles. The quantitative estimate of drug-likeness (QED) is 0.514. The first-order chi connectivity index (χ1) is 4.18. The number of aromatic nitrogens is 1. The van der Waals surface area contributed by atoms with Crippen molar-refractivity contribution in [2.45, 2.75) is 0 Å². The van der Waals surface area contributed by atoms with Crippen LogP contribution in [-0.4, -0.2) is 4.98 Å². The van der Waals surface area contributed by atoms with E-state index in [0.29, 0.717) is 6.07 Å². The number of aromatic amines is 1. The minimum absolute atomic E-state index is 0.543. The van der Waals surface area contributed by atoms with Crippen LogP contribution in [0.25, 0.3) is 0 Å². The summed E-state index contributed by atoms with van der Waals surface area (Å²) in [5, 5.41) is 0. The molecule has 48 valence electrons. The first kappa shape index (κ1) is 5.74. The molecule has 0 spiro atoms. The topological polar surface area (TPSA) is 63.1 Å². The van der Waals surface area contributed by atoms with E-state index in [-0.39, 0.29) is 0 Å². The fraction of sp³-hybridized carbons (Fsp3) is 0. The van der Waals surface area contributed by atoms with Crippen molar-refractivity contribution in [2.75, 3.05) is 0 Å². The SMILES string of the molecule is O=c1cc(F)[nH]c(=O)o1. The Kier molecular flexibility index (Phi) is 1.18. The maximum Gasteiger partial charge on any atom is 0.421 e. The van der Waals surface area contributed by atoms with E-state index >= 15 is 0 Å². The van der Waals surface area contributed by atoms with Crippen LogP contribution < -0.4 is 11.4 Å². The summed E-state index contributed by atoms with van der Waals surface area (Å²) in [6.07, 6.45) is 0. The maximum atomic E-state index is 11.9. The summed E-state index contributed by atoms with van der Waals surface area (Å²) >= 11 is 0. The summed E-state index contributed by atoms with van der Waals surface area (Å²) < 4.78 is 15.8. The molecule has 1 N–H and O–H groups in total. The summed E-state index contributed by atoms with van der Waals surface area (Å²) in [5.41, 5.74) is -0.990. The predicted molar refractivity (Wildman–Crippen MR) is 25.6 cm³/mol. The van der Waals surface area contributed by atoms with E-state index in [1.807, 2.05) is 0 Å². The summed E-state index contributed by atoms with van der Waals surface area (Å²) in [6.45, 7) is 0. The third kappa shape index (κ3) is 1.25. The molecule has 0 aromatic carbocycles. The summed E-state index contributed by atoms with van der Waals surface area (Å²) in [4.78, 5) is 21.8. The zero-order valence-corrected chi connectivity index (χ0v) is 4.18. The highest BCUT2D eigenvalue weighted by Crippen LogP contribution is 1.76. The van der Waals surface area contributed by atoms with Crippen LogP contribution in [0.1, 0.15) is 0 Å². The lowest BCUT2D eigenvalue weighted by atomic mass is 10.7. The van der Waals surface area contributed by atoms with Crippen molar-refractivity contribution in [1.82, 2.24) is 4.98 Å². The highest BCUT2D eigenvalue weighted by Gasteiger charge is 1.92. The Morgan fingerprint density at radius 3 is 2.67 bits per heavy atom. The van der Waals surface area contributed by atoms with Crippen LogP contribution in [0.3, 0.4) is 0 Å². The van der Waals surface area contributed by atoms with E-state index in [0.717, 1.165) is 0 Å². The van der Waals surface area contributed by atoms with E-state index in [1.165, 1.54) is 0 Å². The van der Waals surface area contributed by atoms with Gasteiger partial charge >= 0.3 is 11.4 Å². The second-order valence-corrected chi connectivity index (χ2v) is 1.33. The van der Waals surface area contributed by atoms with Gasteiger partial charge in [0.25, 0.3) is 0 Å². The average molecular weight is 131 g/mol. The second-order valence-electron chi connectivity index (χ2n) is 1.33. The van der Waals surface area contributed by atoms with E-state index in [2.05, 4.69) is 4.42 Å². The van der Waals surface area contributed by atoms with Gasteiger partial charge in [0.2, 0.25) is 5.95 Å². The van der Waals surface area contributed by atoms with E-state index in [9.17, 15) is 14.0 Å². The van der Waals surface area contributed by atoms with E-state index in [4.69, 9.17) is 0 Å². The lowest BCUT2D eigenvalue weighted by Gasteiger charge is -1.80. The van der Waals surface area contributed by atoms with Crippen molar-refractivity contribution in [3.63, 3.8) is 0 Å². The minimum Gasteiger partial charge on any atom is -0.373 e. The molecule has 0 aliphatic rings. The van der Waals surface area contributed by atoms with Gasteiger partial charge in [-0.15, -0.1) is 0 Å². The first-order valence-electron chi connectivity index (χ1n) is 2.08. The number of halogens is 1. The molecule has 1 aromatic rings. The molecular formula is C4H2FNO3. The molecule has 0 fully saturated rings. The third-order valence-corrected chi connectivity index (χ3v) is 0.659. The van der Waals surface area contributed by atoms with Gasteiger partial charge in [0, 0.05) is 0 Å². The van der Waals surface area contributed by atoms with Gasteiger partial charge < -0.3 is 4.42 Å². The molecule has 0 unspecified atom stereocenters. The van der Waals surface area contributed by atoms with Gasteiger partial charge in [-0.1, -0.05) is 0 Å². The van der Waals surface area contributed by atoms with Crippen LogP contribution in [0.2, 0.25) is 0 Å². The Balaban J connectivity index is 3.52. The van der Waals surface area contributed by atoms with Gasteiger partial charge in [-0.3, -0.25) is 4.98 Å². The molecule has 1 aromatic heterocycles. The first-order valence-corrected chi connectivity index (χ1v) is 2.08. The Morgan fingerprint density at radius 1 is 1.56 bits per heavy atom. The minimum atomic E-state index is -1.08. The fourth-order valence-electron chi connectivity index (χ4n) is 0.383. The van der Waals surface area contributed by atoms with Crippen molar-refractivity contribution < 1.29 is 8.81 Å². The molecule has 1 rings (SSSR count). The van der Waals surface area contributed by atoms with Crippen molar-refractivity contribution >= 4 is 0 Å². The lowest BCUT2D eigenvalue weighted by Crippen LogP contribution is -2.14. The molecule has 0 aliphatic carbocycles. The molecule has 1 heterocycles. The standard InChI is InChI=1S/C4H2FNO3/c5-2-1-3(7)9-4(8)6-2/h1H,(H,6,8). The lowest BCUT2D eigenvalue weighted by molar-refractivity contribution is 0.416. The summed E-state index contributed by atoms with van der Waals surface area (Å²) in [5.74, 6) is -2.07. The van der Waals surface area contributed by atoms with Gasteiger partial charge in [-0.25, -0.2) is 9.59 Å². The summed E-state index contributed by atoms with van der Waals surface area (Å²) in [7, 11) is 0. The molecule has 0 atom stereocenters. The van der Waals surface area contributed by atoms with Gasteiger partial charge in [0.15, 0.2) is 0 Å². The highest BCUT2D eigenvalue weighted by molar-refractivity contribution is 4.77. The zero-order chi connectivity index (χ0) is 6.85. The van der Waals surface area contributed by atoms with Crippen LogP contribution >= 0.6 is 0 Å². The number of rotatable bonds is 0. The zero-order valence-electron chi connectivity index (χ0n) is 4.18. The molecule has 4 nitrogen and oxygen atoms in total. The molecule has 0 bridgehead atoms. The van der Waals surface area contributed by atoms with Crippen molar-refractivity contribution in [2.24, 2.45) is 0 Å². The smallest absolute Gasteiger partial charge is 0.373 e. The predicted octanol–water partition coefficient (Wildman–Crippen LogP) is -0.533. The van der Waals surface area contributed by atoms with Gasteiger partial charge in [0.05, 0.1) is 6.07 Å². The molecule has 5 heteroatoms. The van der Waals surface area contributed by atoms with Crippen LogP contribution in [0.15, 0.2) is 20.1 Å². The van der Waals surface area contributed by atoms with Gasteiger partial charge in [-0.05, 0) is 0 Å². The molecular weight excluding hydrogens is 129 g/mol. The highest BCUT2D eigenvalue weighted by atomic mass is 19.1. The van der Waals surface area contributed by atoms with E-state index in [1.54, 1.807) is 4.98 Å². The molecule has 0 saturated heterocycles. The number of hydrogen-bond donors (Lipinski definition) is 1. The Morgan fingerprint density at radius 2 is 2.22 bits per heavy atom. The van der Waals surface area contributed by atoms with Gasteiger partial charge in [0.1, 0.15) is 0 Å². The molecule has 0 amide bonds. The van der Waals surface area contributed by atoms with Crippen LogP contribution in [0, 0.1) is 5.95 Å². The molecule has 0 saturated carbocycles. The maximum absolute atomic E-state index is 11.9. The van der Waals surface area contributed by atoms with E-state index < -0.39 is 17.3 Å². The van der Waals surface area contributed by atoms with Gasteiger partial charge in [-0.2, -0.15) is 4.39 Å². The van der Waals surface area contributed by atoms with Crippen LogP contribution in [-0.2, 0) is 0 Å². The summed E-state index contributed by atoms with van der Waals surface area (Å²) in [6, 6.07) is 0.543. The Labute approximate surface area is 47.9 Å². The van der Waals surface area contributed by atoms with Crippen LogP contribution in [0.5, 0.6) is 0 Å². The average Bonchev–Trinajstić information content (AvgIpc) is 1.59. The normalized spacial score (nSPS) is 9.44. The number of nitrogens with one attached hydrogen (secondary N) is 1. The third-order valence-electron chi connectivity index (χ3n) is 0.659. The van der Waals surface area contributed by atoms with Crippen molar-refractivity contribution in [3.8, 4) is 0 Å². The number of H-pyrrole nitrogens is 1. The Hall–Kier alpha value is -1.39. The Bertz CT molecular complexity index is 284. The molecule has 9 heavy (non-hydrogen) atoms. The number of hydrogen-bond acceptors (Lipinski definition) is 3.